The van der Waals surface area contributed by atoms with Crippen LogP contribution in [0.4, 0.5) is 4.79 Å². The number of carbonyl (C=O) groups excluding carboxylic acids is 1. The molecule has 1 aromatic rings. The molecule has 1 aromatic carbocycles. The minimum atomic E-state index is -3.76. The summed E-state index contributed by atoms with van der Waals surface area (Å²) in [7, 11) is -2.62. The zero-order valence-electron chi connectivity index (χ0n) is 10.3. The molecule has 0 spiro atoms. The van der Waals surface area contributed by atoms with Crippen LogP contribution in [0.15, 0.2) is 29.2 Å². The van der Waals surface area contributed by atoms with Crippen molar-refractivity contribution < 1.29 is 17.9 Å². The molecule has 0 bridgehead atoms. The van der Waals surface area contributed by atoms with E-state index in [4.69, 9.17) is 0 Å². The Bertz CT molecular complexity index is 496. The molecule has 0 unspecified atom stereocenters. The van der Waals surface area contributed by atoms with Gasteiger partial charge in [-0.25, -0.2) is 18.6 Å². The molecule has 0 aliphatic rings. The Labute approximate surface area is 106 Å². The van der Waals surface area contributed by atoms with Crippen molar-refractivity contribution in [2.24, 2.45) is 0 Å². The molecule has 0 aromatic heterocycles. The molecule has 7 heteroatoms. The van der Waals surface area contributed by atoms with Crippen LogP contribution in [0.3, 0.4) is 0 Å². The van der Waals surface area contributed by atoms with Crippen LogP contribution in [0, 0.1) is 0 Å². The number of sulfonamides is 1. The van der Waals surface area contributed by atoms with Crippen molar-refractivity contribution in [2.75, 3.05) is 7.11 Å². The fraction of sp³-hybridized carbons (Fsp3) is 0.364. The molecule has 1 rings (SSSR count). The fourth-order valence-electron chi connectivity index (χ4n) is 1.34. The average molecular weight is 272 g/mol. The topological polar surface area (TPSA) is 84.5 Å². The van der Waals surface area contributed by atoms with Gasteiger partial charge in [0.05, 0.1) is 12.0 Å². The maximum atomic E-state index is 11.7. The Morgan fingerprint density at radius 1 is 1.28 bits per heavy atom. The number of ether oxygens (including phenoxy) is 1. The van der Waals surface area contributed by atoms with Gasteiger partial charge in [0.1, 0.15) is 0 Å². The molecule has 0 fully saturated rings. The second kappa shape index (κ2) is 6.36. The first-order valence-corrected chi connectivity index (χ1v) is 6.92. The van der Waals surface area contributed by atoms with Crippen molar-refractivity contribution in [3.05, 3.63) is 29.8 Å². The number of benzene rings is 1. The molecule has 0 radical (unpaired) electrons. The van der Waals surface area contributed by atoms with E-state index in [0.29, 0.717) is 0 Å². The van der Waals surface area contributed by atoms with Gasteiger partial charge in [-0.3, -0.25) is 0 Å². The molecule has 0 atom stereocenters. The van der Waals surface area contributed by atoms with Crippen molar-refractivity contribution in [3.63, 3.8) is 0 Å². The minimum absolute atomic E-state index is 0.0822. The van der Waals surface area contributed by atoms with Crippen LogP contribution in [-0.2, 0) is 21.2 Å². The van der Waals surface area contributed by atoms with Gasteiger partial charge in [-0.15, -0.1) is 4.83 Å². The van der Waals surface area contributed by atoms with E-state index < -0.39 is 16.1 Å². The molecule has 100 valence electrons. The monoisotopic (exact) mass is 272 g/mol. The molecule has 18 heavy (non-hydrogen) atoms. The molecule has 2 N–H and O–H groups in total. The quantitative estimate of drug-likeness (QED) is 0.788. The Morgan fingerprint density at radius 3 is 2.39 bits per heavy atom. The van der Waals surface area contributed by atoms with E-state index in [0.717, 1.165) is 25.5 Å². The van der Waals surface area contributed by atoms with E-state index in [9.17, 15) is 13.2 Å². The zero-order valence-corrected chi connectivity index (χ0v) is 11.1. The van der Waals surface area contributed by atoms with Crippen molar-refractivity contribution in [1.29, 1.82) is 0 Å². The van der Waals surface area contributed by atoms with Crippen LogP contribution in [-0.4, -0.2) is 21.6 Å². The van der Waals surface area contributed by atoms with Crippen molar-refractivity contribution in [3.8, 4) is 0 Å². The predicted molar refractivity (Wildman–Crippen MR) is 66.3 cm³/mol. The summed E-state index contributed by atoms with van der Waals surface area (Å²) in [5, 5.41) is 0. The lowest BCUT2D eigenvalue weighted by molar-refractivity contribution is 0.169. The number of carbonyl (C=O) groups is 1. The number of hydrogen-bond acceptors (Lipinski definition) is 4. The molecular weight excluding hydrogens is 256 g/mol. The molecule has 1 amide bonds. The maximum Gasteiger partial charge on any atom is 0.422 e. The van der Waals surface area contributed by atoms with Crippen LogP contribution in [0.2, 0.25) is 0 Å². The largest absolute Gasteiger partial charge is 0.452 e. The Balaban J connectivity index is 2.75. The van der Waals surface area contributed by atoms with E-state index in [-0.39, 0.29) is 4.90 Å². The summed E-state index contributed by atoms with van der Waals surface area (Å²) in [6.07, 6.45) is 1.02. The molecule has 0 aliphatic carbocycles. The van der Waals surface area contributed by atoms with Crippen LogP contribution in [0.5, 0.6) is 0 Å². The summed E-state index contributed by atoms with van der Waals surface area (Å²) in [4.78, 5) is 12.8. The third kappa shape index (κ3) is 4.01. The number of hydrazine groups is 1. The smallest absolute Gasteiger partial charge is 0.422 e. The van der Waals surface area contributed by atoms with E-state index >= 15 is 0 Å². The normalized spacial score (nSPS) is 11.0. The third-order valence-electron chi connectivity index (χ3n) is 2.25. The van der Waals surface area contributed by atoms with Gasteiger partial charge in [-0.05, 0) is 24.1 Å². The highest BCUT2D eigenvalue weighted by Crippen LogP contribution is 2.11. The van der Waals surface area contributed by atoms with Crippen LogP contribution < -0.4 is 10.3 Å². The summed E-state index contributed by atoms with van der Waals surface area (Å²) in [5.41, 5.74) is 2.98. The van der Waals surface area contributed by atoms with Crippen molar-refractivity contribution in [1.82, 2.24) is 10.3 Å². The Hall–Kier alpha value is -1.60. The number of methoxy groups -OCH3 is 1. The predicted octanol–water partition coefficient (Wildman–Crippen LogP) is 1.19. The van der Waals surface area contributed by atoms with Crippen LogP contribution in [0.1, 0.15) is 18.9 Å². The van der Waals surface area contributed by atoms with Crippen LogP contribution in [0.25, 0.3) is 0 Å². The highest BCUT2D eigenvalue weighted by atomic mass is 32.2. The summed E-state index contributed by atoms with van der Waals surface area (Å²) >= 11 is 0. The first kappa shape index (κ1) is 14.5. The average Bonchev–Trinajstić information content (AvgIpc) is 2.37. The van der Waals surface area contributed by atoms with E-state index in [2.05, 4.69) is 4.74 Å². The number of rotatable bonds is 5. The van der Waals surface area contributed by atoms with E-state index in [1.54, 1.807) is 12.1 Å². The lowest BCUT2D eigenvalue weighted by atomic mass is 10.1. The van der Waals surface area contributed by atoms with Crippen molar-refractivity contribution in [2.45, 2.75) is 24.7 Å². The number of amides is 1. The van der Waals surface area contributed by atoms with Gasteiger partial charge in [0, 0.05) is 0 Å². The molecule has 0 saturated carbocycles. The van der Waals surface area contributed by atoms with E-state index in [1.165, 1.54) is 12.1 Å². The molecule has 6 nitrogen and oxygen atoms in total. The molecule has 0 saturated heterocycles. The lowest BCUT2D eigenvalue weighted by Crippen LogP contribution is -2.41. The van der Waals surface area contributed by atoms with Gasteiger partial charge in [0.25, 0.3) is 10.0 Å². The van der Waals surface area contributed by atoms with Gasteiger partial charge in [-0.2, -0.15) is 0 Å². The highest BCUT2D eigenvalue weighted by Gasteiger charge is 2.14. The fourth-order valence-corrected chi connectivity index (χ4v) is 2.17. The standard InChI is InChI=1S/C11H16N2O4S/c1-3-4-9-5-7-10(8-6-9)18(15,16)13-12-11(14)17-2/h5-8,13H,3-4H2,1-2H3,(H,12,14). The number of nitrogens with one attached hydrogen (secondary N) is 2. The first-order chi connectivity index (χ1) is 8.49. The summed E-state index contributed by atoms with van der Waals surface area (Å²) < 4.78 is 27.7. The second-order valence-corrected chi connectivity index (χ2v) is 5.30. The highest BCUT2D eigenvalue weighted by molar-refractivity contribution is 7.89. The summed E-state index contributed by atoms with van der Waals surface area (Å²) in [5.74, 6) is 0. The zero-order chi connectivity index (χ0) is 13.6. The maximum absolute atomic E-state index is 11.7. The molecular formula is C11H16N2O4S. The van der Waals surface area contributed by atoms with Gasteiger partial charge >= 0.3 is 6.09 Å². The van der Waals surface area contributed by atoms with Gasteiger partial charge < -0.3 is 4.74 Å². The number of hydrogen-bond donors (Lipinski definition) is 2. The van der Waals surface area contributed by atoms with E-state index in [1.807, 2.05) is 17.2 Å². The Morgan fingerprint density at radius 2 is 1.89 bits per heavy atom. The molecule has 0 aliphatic heterocycles. The SMILES string of the molecule is CCCc1ccc(S(=O)(=O)NNC(=O)OC)cc1. The van der Waals surface area contributed by atoms with Gasteiger partial charge in [-0.1, -0.05) is 25.5 Å². The molecule has 0 heterocycles. The minimum Gasteiger partial charge on any atom is -0.452 e. The third-order valence-corrected chi connectivity index (χ3v) is 3.51. The number of aryl methyl sites for hydroxylation is 1. The van der Waals surface area contributed by atoms with Gasteiger partial charge in [0.2, 0.25) is 0 Å². The Kier molecular flexibility index (Phi) is 5.11. The van der Waals surface area contributed by atoms with Crippen molar-refractivity contribution >= 4 is 16.1 Å². The lowest BCUT2D eigenvalue weighted by Gasteiger charge is -2.07. The summed E-state index contributed by atoms with van der Waals surface area (Å²) in [6.45, 7) is 2.05. The van der Waals surface area contributed by atoms with Gasteiger partial charge in [0.15, 0.2) is 0 Å². The second-order valence-electron chi connectivity index (χ2n) is 3.62. The summed E-state index contributed by atoms with van der Waals surface area (Å²) in [6, 6.07) is 6.48. The van der Waals surface area contributed by atoms with Crippen LogP contribution >= 0.6 is 0 Å². The first-order valence-electron chi connectivity index (χ1n) is 5.44.